The topological polar surface area (TPSA) is 64.7 Å². The average Bonchev–Trinajstić information content (AvgIpc) is 2.29. The number of rotatable bonds is 2. The number of fused-ring (bicyclic) bond motifs is 1. The first kappa shape index (κ1) is 10.5. The number of hydrogen-bond acceptors (Lipinski definition) is 4. The summed E-state index contributed by atoms with van der Waals surface area (Å²) >= 11 is 6.10. The Morgan fingerprint density at radius 1 is 1.40 bits per heavy atom. The largest absolute Gasteiger partial charge is 0.486 e. The zero-order valence-corrected chi connectivity index (χ0v) is 8.83. The maximum absolute atomic E-state index is 8.96. The fraction of sp³-hybridized carbons (Fsp3) is 0.400. The van der Waals surface area contributed by atoms with E-state index in [1.54, 1.807) is 12.1 Å². The first-order valence-corrected chi connectivity index (χ1v) is 5.06. The van der Waals surface area contributed by atoms with Gasteiger partial charge in [0.15, 0.2) is 11.5 Å². The highest BCUT2D eigenvalue weighted by Gasteiger charge is 2.20. The van der Waals surface area contributed by atoms with Crippen molar-refractivity contribution in [1.29, 1.82) is 0 Å². The molecule has 0 fully saturated rings. The minimum Gasteiger partial charge on any atom is -0.486 e. The lowest BCUT2D eigenvalue weighted by Crippen LogP contribution is -2.19. The van der Waals surface area contributed by atoms with E-state index in [0.717, 1.165) is 0 Å². The summed E-state index contributed by atoms with van der Waals surface area (Å²) in [5, 5.41) is 9.39. The predicted molar refractivity (Wildman–Crippen MR) is 56.5 cm³/mol. The molecule has 0 spiro atoms. The zero-order valence-electron chi connectivity index (χ0n) is 8.07. The second-order valence-corrected chi connectivity index (χ2v) is 3.66. The van der Waals surface area contributed by atoms with E-state index in [1.165, 1.54) is 0 Å². The lowest BCUT2D eigenvalue weighted by Gasteiger charge is -2.22. The summed E-state index contributed by atoms with van der Waals surface area (Å²) < 4.78 is 10.8. The number of nitrogens with two attached hydrogens (primary N) is 1. The van der Waals surface area contributed by atoms with Gasteiger partial charge >= 0.3 is 0 Å². The van der Waals surface area contributed by atoms with Crippen molar-refractivity contribution >= 4 is 11.6 Å². The van der Waals surface area contributed by atoms with Crippen molar-refractivity contribution in [3.8, 4) is 11.5 Å². The van der Waals surface area contributed by atoms with Gasteiger partial charge in [0.1, 0.15) is 13.2 Å². The van der Waals surface area contributed by atoms with Crippen LogP contribution in [0.2, 0.25) is 5.02 Å². The van der Waals surface area contributed by atoms with Crippen molar-refractivity contribution in [3.63, 3.8) is 0 Å². The molecular formula is C10H12ClNO3. The zero-order chi connectivity index (χ0) is 10.8. The van der Waals surface area contributed by atoms with E-state index in [-0.39, 0.29) is 6.61 Å². The van der Waals surface area contributed by atoms with E-state index in [2.05, 4.69) is 0 Å². The molecule has 1 aromatic rings. The average molecular weight is 230 g/mol. The first-order valence-electron chi connectivity index (χ1n) is 4.68. The molecule has 0 aromatic heterocycles. The van der Waals surface area contributed by atoms with Gasteiger partial charge in [0.05, 0.1) is 17.7 Å². The standard InChI is InChI=1S/C10H12ClNO3/c11-9-6(7(12)5-13)1-2-8-10(9)15-4-3-14-8/h1-2,7,13H,3-5,12H2. The Morgan fingerprint density at radius 2 is 2.13 bits per heavy atom. The summed E-state index contributed by atoms with van der Waals surface area (Å²) in [4.78, 5) is 0. The van der Waals surface area contributed by atoms with Crippen molar-refractivity contribution in [2.75, 3.05) is 19.8 Å². The molecule has 3 N–H and O–H groups in total. The molecule has 0 radical (unpaired) electrons. The Kier molecular flexibility index (Phi) is 3.00. The molecule has 1 unspecified atom stereocenters. The third kappa shape index (κ3) is 1.88. The van der Waals surface area contributed by atoms with E-state index in [1.807, 2.05) is 0 Å². The predicted octanol–water partition coefficient (Wildman–Crippen LogP) is 1.10. The van der Waals surface area contributed by atoms with Crippen molar-refractivity contribution < 1.29 is 14.6 Å². The van der Waals surface area contributed by atoms with E-state index >= 15 is 0 Å². The van der Waals surface area contributed by atoms with Gasteiger partial charge in [-0.25, -0.2) is 0 Å². The van der Waals surface area contributed by atoms with Crippen LogP contribution in [0.4, 0.5) is 0 Å². The van der Waals surface area contributed by atoms with E-state index in [9.17, 15) is 0 Å². The molecule has 82 valence electrons. The van der Waals surface area contributed by atoms with Crippen molar-refractivity contribution in [2.24, 2.45) is 5.73 Å². The molecule has 0 saturated heterocycles. The summed E-state index contributed by atoms with van der Waals surface area (Å²) in [6.45, 7) is 0.846. The molecule has 1 aromatic carbocycles. The van der Waals surface area contributed by atoms with Gasteiger partial charge in [-0.2, -0.15) is 0 Å². The van der Waals surface area contributed by atoms with Crippen LogP contribution in [-0.4, -0.2) is 24.9 Å². The molecule has 15 heavy (non-hydrogen) atoms. The molecular weight excluding hydrogens is 218 g/mol. The van der Waals surface area contributed by atoms with Crippen LogP contribution in [0.5, 0.6) is 11.5 Å². The maximum atomic E-state index is 8.96. The number of benzene rings is 1. The molecule has 0 saturated carbocycles. The lowest BCUT2D eigenvalue weighted by molar-refractivity contribution is 0.171. The van der Waals surface area contributed by atoms with Crippen molar-refractivity contribution in [1.82, 2.24) is 0 Å². The molecule has 1 atom stereocenters. The Hall–Kier alpha value is -0.970. The molecule has 2 rings (SSSR count). The van der Waals surface area contributed by atoms with Crippen molar-refractivity contribution in [3.05, 3.63) is 22.7 Å². The summed E-state index contributed by atoms with van der Waals surface area (Å²) in [7, 11) is 0. The third-order valence-electron chi connectivity index (χ3n) is 2.27. The lowest BCUT2D eigenvalue weighted by atomic mass is 10.1. The van der Waals surface area contributed by atoms with E-state index in [0.29, 0.717) is 35.3 Å². The fourth-order valence-electron chi connectivity index (χ4n) is 1.48. The maximum Gasteiger partial charge on any atom is 0.180 e. The van der Waals surface area contributed by atoms with Gasteiger partial charge in [0, 0.05) is 0 Å². The Balaban J connectivity index is 2.43. The quantitative estimate of drug-likeness (QED) is 0.797. The van der Waals surface area contributed by atoms with Crippen molar-refractivity contribution in [2.45, 2.75) is 6.04 Å². The van der Waals surface area contributed by atoms with E-state index < -0.39 is 6.04 Å². The number of halogens is 1. The summed E-state index contributed by atoms with van der Waals surface area (Å²) in [6.07, 6.45) is 0. The normalized spacial score (nSPS) is 16.2. The number of aliphatic hydroxyl groups is 1. The molecule has 1 aliphatic heterocycles. The summed E-state index contributed by atoms with van der Waals surface area (Å²) in [5.74, 6) is 1.14. The number of aliphatic hydroxyl groups excluding tert-OH is 1. The molecule has 0 amide bonds. The first-order chi connectivity index (χ1) is 7.24. The van der Waals surface area contributed by atoms with Gasteiger partial charge < -0.3 is 20.3 Å². The number of hydrogen-bond donors (Lipinski definition) is 2. The fourth-order valence-corrected chi connectivity index (χ4v) is 1.83. The molecule has 0 bridgehead atoms. The highest BCUT2D eigenvalue weighted by atomic mass is 35.5. The van der Waals surface area contributed by atoms with Gasteiger partial charge in [-0.3, -0.25) is 0 Å². The van der Waals surface area contributed by atoms with Gasteiger partial charge in [0.25, 0.3) is 0 Å². The highest BCUT2D eigenvalue weighted by molar-refractivity contribution is 6.33. The van der Waals surface area contributed by atoms with Gasteiger partial charge in [-0.05, 0) is 11.6 Å². The number of ether oxygens (including phenoxy) is 2. The molecule has 1 aliphatic rings. The van der Waals surface area contributed by atoms with Crippen LogP contribution in [0.3, 0.4) is 0 Å². The molecule has 0 aliphatic carbocycles. The Labute approximate surface area is 92.5 Å². The van der Waals surface area contributed by atoms with Crippen LogP contribution in [0.15, 0.2) is 12.1 Å². The van der Waals surface area contributed by atoms with Crippen LogP contribution >= 0.6 is 11.6 Å². The van der Waals surface area contributed by atoms with Gasteiger partial charge in [0.2, 0.25) is 0 Å². The Morgan fingerprint density at radius 3 is 2.87 bits per heavy atom. The minimum absolute atomic E-state index is 0.153. The van der Waals surface area contributed by atoms with E-state index in [4.69, 9.17) is 31.9 Å². The third-order valence-corrected chi connectivity index (χ3v) is 2.66. The second kappa shape index (κ2) is 4.26. The molecule has 1 heterocycles. The minimum atomic E-state index is -0.492. The molecule has 4 nitrogen and oxygen atoms in total. The van der Waals surface area contributed by atoms with Gasteiger partial charge in [-0.15, -0.1) is 0 Å². The smallest absolute Gasteiger partial charge is 0.180 e. The van der Waals surface area contributed by atoms with Crippen LogP contribution in [0.1, 0.15) is 11.6 Å². The summed E-state index contributed by atoms with van der Waals surface area (Å²) in [5.41, 5.74) is 6.37. The SMILES string of the molecule is NC(CO)c1ccc2c(c1Cl)OCCO2. The van der Waals surface area contributed by atoms with Crippen LogP contribution in [0, 0.1) is 0 Å². The van der Waals surface area contributed by atoms with Crippen LogP contribution < -0.4 is 15.2 Å². The Bertz CT molecular complexity index is 370. The van der Waals surface area contributed by atoms with Gasteiger partial charge in [-0.1, -0.05) is 17.7 Å². The van der Waals surface area contributed by atoms with Crippen LogP contribution in [-0.2, 0) is 0 Å². The monoisotopic (exact) mass is 229 g/mol. The highest BCUT2D eigenvalue weighted by Crippen LogP contribution is 2.40. The molecule has 5 heteroatoms. The van der Waals surface area contributed by atoms with Crippen LogP contribution in [0.25, 0.3) is 0 Å². The summed E-state index contributed by atoms with van der Waals surface area (Å²) in [6, 6.07) is 3.01. The second-order valence-electron chi connectivity index (χ2n) is 3.28.